The van der Waals surface area contributed by atoms with Gasteiger partial charge in [-0.15, -0.1) is 0 Å². The zero-order valence-corrected chi connectivity index (χ0v) is 12.8. The molecule has 2 aromatic rings. The van der Waals surface area contributed by atoms with Crippen LogP contribution in [0.2, 0.25) is 0 Å². The number of primary amides is 1. The van der Waals surface area contributed by atoms with Gasteiger partial charge in [0.15, 0.2) is 17.1 Å². The number of anilines is 2. The molecule has 0 aliphatic carbocycles. The van der Waals surface area contributed by atoms with Crippen molar-refractivity contribution in [2.24, 2.45) is 5.73 Å². The van der Waals surface area contributed by atoms with Gasteiger partial charge in [0.05, 0.1) is 0 Å². The minimum Gasteiger partial charge on any atom is -0.506 e. The molecule has 0 bridgehead atoms. The maximum atomic E-state index is 12.2. The van der Waals surface area contributed by atoms with E-state index < -0.39 is 46.2 Å². The molecular weight excluding hydrogens is 334 g/mol. The van der Waals surface area contributed by atoms with E-state index in [2.05, 4.69) is 15.1 Å². The van der Waals surface area contributed by atoms with Crippen LogP contribution in [0.15, 0.2) is 33.5 Å². The summed E-state index contributed by atoms with van der Waals surface area (Å²) < 4.78 is 4.40. The Morgan fingerprint density at radius 3 is 2.00 bits per heavy atom. The molecule has 3 amide bonds. The monoisotopic (exact) mass is 347 g/mol. The predicted molar refractivity (Wildman–Crippen MR) is 85.9 cm³/mol. The Hall–Kier alpha value is -3.82. The van der Waals surface area contributed by atoms with Gasteiger partial charge in [0, 0.05) is 11.4 Å². The first-order chi connectivity index (χ1) is 11.7. The average molecular weight is 347 g/mol. The highest BCUT2D eigenvalue weighted by molar-refractivity contribution is 6.10. The molecule has 10 heteroatoms. The van der Waals surface area contributed by atoms with Gasteiger partial charge in [-0.25, -0.2) is 9.59 Å². The van der Waals surface area contributed by atoms with Crippen LogP contribution in [0, 0.1) is 0 Å². The van der Waals surface area contributed by atoms with E-state index in [0.29, 0.717) is 5.69 Å². The first-order valence-corrected chi connectivity index (χ1v) is 6.78. The van der Waals surface area contributed by atoms with Crippen LogP contribution >= 0.6 is 0 Å². The number of hydrogen-bond acceptors (Lipinski definition) is 7. The van der Waals surface area contributed by atoms with Crippen LogP contribution in [0.3, 0.4) is 0 Å². The summed E-state index contributed by atoms with van der Waals surface area (Å²) in [5, 5.41) is 24.2. The number of ketones is 1. The zero-order chi connectivity index (χ0) is 18.7. The summed E-state index contributed by atoms with van der Waals surface area (Å²) >= 11 is 0. The highest BCUT2D eigenvalue weighted by Crippen LogP contribution is 2.29. The van der Waals surface area contributed by atoms with E-state index in [1.54, 1.807) is 0 Å². The van der Waals surface area contributed by atoms with E-state index in [0.717, 1.165) is 6.92 Å². The molecule has 0 unspecified atom stereocenters. The molecule has 1 aromatic carbocycles. The lowest BCUT2D eigenvalue weighted by Crippen LogP contribution is -2.19. The molecule has 1 heterocycles. The standard InChI is InChI=1S/C15H13N3O7/c1-6(19)9-11(20)10(14(23)25-13(9)22)12(21)17-7-2-4-8(5-3-7)18-15(16)24/h2-5,20,23H,1H3,(H,17,21)(H3,16,18,24). The van der Waals surface area contributed by atoms with Gasteiger partial charge in [-0.3, -0.25) is 9.59 Å². The zero-order valence-electron chi connectivity index (χ0n) is 12.8. The number of carbonyl (C=O) groups excluding carboxylic acids is 3. The van der Waals surface area contributed by atoms with E-state index in [1.165, 1.54) is 24.3 Å². The lowest BCUT2D eigenvalue weighted by atomic mass is 10.1. The molecule has 0 aliphatic heterocycles. The summed E-state index contributed by atoms with van der Waals surface area (Å²) in [6.45, 7) is 0.995. The van der Waals surface area contributed by atoms with Gasteiger partial charge in [-0.1, -0.05) is 0 Å². The van der Waals surface area contributed by atoms with E-state index in [9.17, 15) is 29.4 Å². The Morgan fingerprint density at radius 1 is 1.00 bits per heavy atom. The molecule has 0 spiro atoms. The van der Waals surface area contributed by atoms with E-state index in [4.69, 9.17) is 5.73 Å². The van der Waals surface area contributed by atoms with Crippen LogP contribution in [0.25, 0.3) is 0 Å². The van der Waals surface area contributed by atoms with Crippen molar-refractivity contribution in [3.63, 3.8) is 0 Å². The van der Waals surface area contributed by atoms with Crippen LogP contribution in [0.1, 0.15) is 27.6 Å². The number of Topliss-reactive ketones (excluding diaryl/α,β-unsaturated/α-hetero) is 1. The quantitative estimate of drug-likeness (QED) is 0.513. The molecule has 10 nitrogen and oxygen atoms in total. The minimum atomic E-state index is -1.26. The van der Waals surface area contributed by atoms with Gasteiger partial charge in [-0.05, 0) is 31.2 Å². The first-order valence-electron chi connectivity index (χ1n) is 6.78. The topological polar surface area (TPSA) is 172 Å². The molecule has 1 aromatic heterocycles. The lowest BCUT2D eigenvalue weighted by Gasteiger charge is -2.10. The minimum absolute atomic E-state index is 0.231. The fourth-order valence-electron chi connectivity index (χ4n) is 2.00. The van der Waals surface area contributed by atoms with Crippen LogP contribution in [0.5, 0.6) is 11.7 Å². The van der Waals surface area contributed by atoms with Crippen molar-refractivity contribution >= 4 is 29.1 Å². The number of nitrogens with one attached hydrogen (secondary N) is 2. The Bertz CT molecular complexity index is 916. The van der Waals surface area contributed by atoms with Gasteiger partial charge >= 0.3 is 17.6 Å². The van der Waals surface area contributed by atoms with Crippen molar-refractivity contribution < 1.29 is 29.0 Å². The van der Waals surface area contributed by atoms with Crippen molar-refractivity contribution in [1.82, 2.24) is 0 Å². The van der Waals surface area contributed by atoms with E-state index >= 15 is 0 Å². The number of urea groups is 1. The SMILES string of the molecule is CC(=O)c1c(O)c(C(=O)Nc2ccc(NC(N)=O)cc2)c(O)oc1=O. The fourth-order valence-corrected chi connectivity index (χ4v) is 2.00. The summed E-state index contributed by atoms with van der Waals surface area (Å²) in [5.74, 6) is -3.96. The third-order valence-corrected chi connectivity index (χ3v) is 3.07. The van der Waals surface area contributed by atoms with Crippen molar-refractivity contribution in [3.8, 4) is 11.7 Å². The molecule has 130 valence electrons. The Morgan fingerprint density at radius 2 is 1.52 bits per heavy atom. The first kappa shape index (κ1) is 17.5. The summed E-state index contributed by atoms with van der Waals surface area (Å²) in [6, 6.07) is 4.92. The third-order valence-electron chi connectivity index (χ3n) is 3.07. The highest BCUT2D eigenvalue weighted by Gasteiger charge is 2.27. The molecule has 0 atom stereocenters. The number of nitrogens with two attached hydrogens (primary N) is 1. The number of rotatable bonds is 4. The molecule has 0 radical (unpaired) electrons. The normalized spacial score (nSPS) is 10.1. The summed E-state index contributed by atoms with van der Waals surface area (Å²) in [5.41, 5.74) is 2.80. The second-order valence-corrected chi connectivity index (χ2v) is 4.87. The highest BCUT2D eigenvalue weighted by atomic mass is 16.5. The maximum absolute atomic E-state index is 12.2. The van der Waals surface area contributed by atoms with Crippen LogP contribution in [-0.2, 0) is 0 Å². The number of carbonyl (C=O) groups is 3. The number of amides is 3. The van der Waals surface area contributed by atoms with Crippen LogP contribution in [-0.4, -0.2) is 27.9 Å². The second kappa shape index (κ2) is 6.74. The van der Waals surface area contributed by atoms with Gasteiger partial charge < -0.3 is 31.0 Å². The van der Waals surface area contributed by atoms with Crippen LogP contribution < -0.4 is 22.0 Å². The van der Waals surface area contributed by atoms with Crippen molar-refractivity contribution in [2.45, 2.75) is 6.92 Å². The number of hydrogen-bond donors (Lipinski definition) is 5. The molecular formula is C15H13N3O7. The lowest BCUT2D eigenvalue weighted by molar-refractivity contribution is 0.100. The van der Waals surface area contributed by atoms with Crippen molar-refractivity contribution in [2.75, 3.05) is 10.6 Å². The van der Waals surface area contributed by atoms with Gasteiger partial charge in [0.1, 0.15) is 5.56 Å². The molecule has 25 heavy (non-hydrogen) atoms. The van der Waals surface area contributed by atoms with Crippen molar-refractivity contribution in [3.05, 3.63) is 45.8 Å². The summed E-state index contributed by atoms with van der Waals surface area (Å²) in [6.07, 6.45) is 0. The van der Waals surface area contributed by atoms with Crippen molar-refractivity contribution in [1.29, 1.82) is 0 Å². The van der Waals surface area contributed by atoms with E-state index in [1.807, 2.05) is 0 Å². The molecule has 6 N–H and O–H groups in total. The van der Waals surface area contributed by atoms with Gasteiger partial charge in [0.25, 0.3) is 5.91 Å². The smallest absolute Gasteiger partial charge is 0.353 e. The van der Waals surface area contributed by atoms with Gasteiger partial charge in [-0.2, -0.15) is 0 Å². The second-order valence-electron chi connectivity index (χ2n) is 4.87. The molecule has 0 saturated heterocycles. The fraction of sp³-hybridized carbons (Fsp3) is 0.0667. The summed E-state index contributed by atoms with van der Waals surface area (Å²) in [4.78, 5) is 45.8. The Labute approximate surface area is 139 Å². The maximum Gasteiger partial charge on any atom is 0.353 e. The summed E-state index contributed by atoms with van der Waals surface area (Å²) in [7, 11) is 0. The molecule has 2 rings (SSSR count). The Balaban J connectivity index is 2.32. The molecule has 0 saturated carbocycles. The molecule has 0 fully saturated rings. The number of aromatic hydroxyl groups is 2. The number of benzene rings is 1. The largest absolute Gasteiger partial charge is 0.506 e. The van der Waals surface area contributed by atoms with Gasteiger partial charge in [0.2, 0.25) is 0 Å². The average Bonchev–Trinajstić information content (AvgIpc) is 2.47. The van der Waals surface area contributed by atoms with E-state index in [-0.39, 0.29) is 5.69 Å². The Kier molecular flexibility index (Phi) is 4.73. The van der Waals surface area contributed by atoms with Crippen LogP contribution in [0.4, 0.5) is 16.2 Å². The third kappa shape index (κ3) is 3.75. The predicted octanol–water partition coefficient (Wildman–Crippen LogP) is 0.996. The molecule has 0 aliphatic rings.